The number of carbonyl (C=O) groups excluding carboxylic acids is 2. The monoisotopic (exact) mass is 493 g/mol. The summed E-state index contributed by atoms with van der Waals surface area (Å²) in [6.45, 7) is 5.13. The largest absolute Gasteiger partial charge is 0.514 e. The molecule has 0 spiro atoms. The smallest absolute Gasteiger partial charge is 0.480 e. The molecule has 2 aromatic rings. The zero-order valence-corrected chi connectivity index (χ0v) is 19.0. The van der Waals surface area contributed by atoms with Crippen molar-refractivity contribution in [1.29, 1.82) is 0 Å². The van der Waals surface area contributed by atoms with Crippen LogP contribution in [0.2, 0.25) is 0 Å². The van der Waals surface area contributed by atoms with E-state index >= 15 is 0 Å². The fourth-order valence-corrected chi connectivity index (χ4v) is 2.69. The van der Waals surface area contributed by atoms with Gasteiger partial charge in [0.2, 0.25) is 0 Å². The van der Waals surface area contributed by atoms with E-state index < -0.39 is 29.9 Å². The number of hydrogen-bond donors (Lipinski definition) is 2. The standard InChI is InChI=1S/C22H24BrNO7/c1-22(2,3)31-20(27)24-18(19(25)26)12-14-6-10-17(11-7-14)30-21(28)29-13-15-4-8-16(23)9-5-15/h4-11,18H,12-13H2,1-3H3,(H,24,27)(H,25,26). The number of carboxylic acids is 1. The molecular weight excluding hydrogens is 470 g/mol. The van der Waals surface area contributed by atoms with Crippen molar-refractivity contribution in [3.63, 3.8) is 0 Å². The molecule has 1 unspecified atom stereocenters. The number of nitrogens with one attached hydrogen (secondary N) is 1. The molecule has 2 aromatic carbocycles. The molecule has 0 radical (unpaired) electrons. The van der Waals surface area contributed by atoms with Gasteiger partial charge in [-0.2, -0.15) is 0 Å². The van der Waals surface area contributed by atoms with Crippen LogP contribution in [-0.4, -0.2) is 35.0 Å². The number of aliphatic carboxylic acids is 1. The summed E-state index contributed by atoms with van der Waals surface area (Å²) < 4.78 is 16.2. The van der Waals surface area contributed by atoms with Crippen molar-refractivity contribution in [2.45, 2.75) is 45.4 Å². The van der Waals surface area contributed by atoms with E-state index in [-0.39, 0.29) is 18.8 Å². The molecule has 0 bridgehead atoms. The Bertz CT molecular complexity index is 905. The van der Waals surface area contributed by atoms with Gasteiger partial charge in [-0.15, -0.1) is 0 Å². The van der Waals surface area contributed by atoms with Crippen LogP contribution in [0.4, 0.5) is 9.59 Å². The Morgan fingerprint density at radius 2 is 1.58 bits per heavy atom. The lowest BCUT2D eigenvalue weighted by Gasteiger charge is -2.22. The van der Waals surface area contributed by atoms with E-state index in [4.69, 9.17) is 14.2 Å². The van der Waals surface area contributed by atoms with Crippen molar-refractivity contribution < 1.29 is 33.7 Å². The molecule has 0 fully saturated rings. The molecule has 8 nitrogen and oxygen atoms in total. The lowest BCUT2D eigenvalue weighted by molar-refractivity contribution is -0.139. The van der Waals surface area contributed by atoms with E-state index in [0.717, 1.165) is 10.0 Å². The first-order valence-corrected chi connectivity index (χ1v) is 10.2. The predicted octanol–water partition coefficient (Wildman–Crippen LogP) is 4.69. The number of halogens is 1. The fraction of sp³-hybridized carbons (Fsp3) is 0.318. The van der Waals surface area contributed by atoms with E-state index in [0.29, 0.717) is 5.56 Å². The van der Waals surface area contributed by atoms with Gasteiger partial charge in [0.25, 0.3) is 0 Å². The third kappa shape index (κ3) is 9.08. The van der Waals surface area contributed by atoms with Gasteiger partial charge in [-0.3, -0.25) is 0 Å². The third-order valence-corrected chi connectivity index (χ3v) is 4.35. The molecule has 9 heteroatoms. The first-order valence-electron chi connectivity index (χ1n) is 9.42. The number of amides is 1. The molecule has 1 amide bonds. The summed E-state index contributed by atoms with van der Waals surface area (Å²) in [5.41, 5.74) is 0.699. The fourth-order valence-electron chi connectivity index (χ4n) is 2.43. The molecule has 0 aliphatic rings. The Labute approximate surface area is 188 Å². The SMILES string of the molecule is CC(C)(C)OC(=O)NC(Cc1ccc(OC(=O)OCc2ccc(Br)cc2)cc1)C(=O)O. The van der Waals surface area contributed by atoms with Crippen molar-refractivity contribution in [3.8, 4) is 5.75 Å². The quantitative estimate of drug-likeness (QED) is 0.425. The maximum atomic E-state index is 11.8. The second kappa shape index (κ2) is 10.8. The number of alkyl carbamates (subject to hydrolysis) is 1. The molecule has 31 heavy (non-hydrogen) atoms. The van der Waals surface area contributed by atoms with Crippen LogP contribution in [0.25, 0.3) is 0 Å². The van der Waals surface area contributed by atoms with Crippen molar-refractivity contribution in [2.75, 3.05) is 0 Å². The number of rotatable bonds is 7. The van der Waals surface area contributed by atoms with Crippen molar-refractivity contribution >= 4 is 34.1 Å². The minimum atomic E-state index is -1.19. The molecule has 0 heterocycles. The normalized spacial score (nSPS) is 11.9. The highest BCUT2D eigenvalue weighted by molar-refractivity contribution is 9.10. The zero-order valence-electron chi connectivity index (χ0n) is 17.4. The van der Waals surface area contributed by atoms with Gasteiger partial charge in [0.15, 0.2) is 0 Å². The van der Waals surface area contributed by atoms with Crippen LogP contribution in [0, 0.1) is 0 Å². The Kier molecular flexibility index (Phi) is 8.44. The minimum absolute atomic E-state index is 0.0306. The van der Waals surface area contributed by atoms with E-state index in [1.165, 1.54) is 12.1 Å². The van der Waals surface area contributed by atoms with Crippen LogP contribution >= 0.6 is 15.9 Å². The summed E-state index contributed by atoms with van der Waals surface area (Å²) >= 11 is 3.33. The number of benzene rings is 2. The second-order valence-corrected chi connectivity index (χ2v) is 8.57. The lowest BCUT2D eigenvalue weighted by Crippen LogP contribution is -2.44. The average Bonchev–Trinajstić information content (AvgIpc) is 2.67. The molecule has 0 aliphatic heterocycles. The summed E-state index contributed by atoms with van der Waals surface area (Å²) in [5, 5.41) is 11.7. The summed E-state index contributed by atoms with van der Waals surface area (Å²) in [7, 11) is 0. The number of ether oxygens (including phenoxy) is 3. The molecule has 0 saturated heterocycles. The highest BCUT2D eigenvalue weighted by Crippen LogP contribution is 2.16. The Morgan fingerprint density at radius 1 is 1.00 bits per heavy atom. The number of carboxylic acid groups (broad SMARTS) is 1. The van der Waals surface area contributed by atoms with E-state index in [1.807, 2.05) is 24.3 Å². The van der Waals surface area contributed by atoms with Crippen molar-refractivity contribution in [2.24, 2.45) is 0 Å². The summed E-state index contributed by atoms with van der Waals surface area (Å²) in [6, 6.07) is 12.4. The Hall–Kier alpha value is -3.07. The van der Waals surface area contributed by atoms with Crippen molar-refractivity contribution in [1.82, 2.24) is 5.32 Å². The topological polar surface area (TPSA) is 111 Å². The van der Waals surface area contributed by atoms with Gasteiger partial charge in [0, 0.05) is 10.9 Å². The van der Waals surface area contributed by atoms with Crippen LogP contribution in [0.1, 0.15) is 31.9 Å². The van der Waals surface area contributed by atoms with Gasteiger partial charge in [0.05, 0.1) is 0 Å². The summed E-state index contributed by atoms with van der Waals surface area (Å²) in [5.74, 6) is -0.945. The second-order valence-electron chi connectivity index (χ2n) is 7.65. The third-order valence-electron chi connectivity index (χ3n) is 3.82. The molecule has 0 saturated carbocycles. The van der Waals surface area contributed by atoms with E-state index in [1.54, 1.807) is 32.9 Å². The highest BCUT2D eigenvalue weighted by atomic mass is 79.9. The first kappa shape index (κ1) is 24.2. The molecule has 1 atom stereocenters. The van der Waals surface area contributed by atoms with Crippen LogP contribution < -0.4 is 10.1 Å². The predicted molar refractivity (Wildman–Crippen MR) is 116 cm³/mol. The molecule has 2 rings (SSSR count). The average molecular weight is 494 g/mol. The van der Waals surface area contributed by atoms with Gasteiger partial charge in [-0.1, -0.05) is 40.2 Å². The Balaban J connectivity index is 1.87. The summed E-state index contributed by atoms with van der Waals surface area (Å²) in [6.07, 6.45) is -1.64. The maximum absolute atomic E-state index is 11.8. The van der Waals surface area contributed by atoms with Crippen LogP contribution in [0.3, 0.4) is 0 Å². The first-order chi connectivity index (χ1) is 14.5. The number of carbonyl (C=O) groups is 3. The molecule has 0 aromatic heterocycles. The zero-order chi connectivity index (χ0) is 23.0. The molecule has 166 valence electrons. The van der Waals surface area contributed by atoms with Crippen molar-refractivity contribution in [3.05, 3.63) is 64.1 Å². The number of hydrogen-bond acceptors (Lipinski definition) is 6. The van der Waals surface area contributed by atoms with Gasteiger partial charge in [0.1, 0.15) is 24.0 Å². The molecular formula is C22H24BrNO7. The van der Waals surface area contributed by atoms with Crippen LogP contribution in [0.15, 0.2) is 53.0 Å². The summed E-state index contributed by atoms with van der Waals surface area (Å²) in [4.78, 5) is 35.2. The van der Waals surface area contributed by atoms with Gasteiger partial charge >= 0.3 is 18.2 Å². The Morgan fingerprint density at radius 3 is 2.13 bits per heavy atom. The van der Waals surface area contributed by atoms with E-state index in [2.05, 4.69) is 21.2 Å². The molecule has 0 aliphatic carbocycles. The van der Waals surface area contributed by atoms with Crippen LogP contribution in [0.5, 0.6) is 5.75 Å². The highest BCUT2D eigenvalue weighted by Gasteiger charge is 2.24. The van der Waals surface area contributed by atoms with Gasteiger partial charge in [-0.05, 0) is 56.2 Å². The van der Waals surface area contributed by atoms with Gasteiger partial charge in [-0.25, -0.2) is 14.4 Å². The molecule has 2 N–H and O–H groups in total. The van der Waals surface area contributed by atoms with Gasteiger partial charge < -0.3 is 24.6 Å². The lowest BCUT2D eigenvalue weighted by atomic mass is 10.1. The minimum Gasteiger partial charge on any atom is -0.480 e. The maximum Gasteiger partial charge on any atom is 0.514 e. The van der Waals surface area contributed by atoms with Crippen LogP contribution in [-0.2, 0) is 27.3 Å². The van der Waals surface area contributed by atoms with E-state index in [9.17, 15) is 19.5 Å².